The normalized spacial score (nSPS) is 10.8. The Morgan fingerprint density at radius 1 is 0.962 bits per heavy atom. The largest absolute Gasteiger partial charge is 0.332 e. The molecule has 0 spiro atoms. The molecule has 0 fully saturated rings. The second-order valence-corrected chi connectivity index (χ2v) is 5.36. The summed E-state index contributed by atoms with van der Waals surface area (Å²) in [6.45, 7) is 0. The van der Waals surface area contributed by atoms with Crippen LogP contribution < -0.4 is 5.43 Å². The Hall–Kier alpha value is -3.68. The topological polar surface area (TPSA) is 73.8 Å². The number of nitrogens with zero attached hydrogens (tertiary/aromatic N) is 4. The third kappa shape index (κ3) is 2.88. The van der Waals surface area contributed by atoms with E-state index in [0.717, 1.165) is 17.7 Å². The average molecular weight is 352 g/mol. The number of hydrogen-bond acceptors (Lipinski definition) is 5. The first kappa shape index (κ1) is 15.8. The van der Waals surface area contributed by atoms with E-state index in [1.165, 1.54) is 23.0 Å². The van der Waals surface area contributed by atoms with E-state index in [-0.39, 0.29) is 17.3 Å². The molecule has 0 N–H and O–H groups in total. The molecule has 6 nitrogen and oxygen atoms in total. The van der Waals surface area contributed by atoms with Gasteiger partial charge in [0.05, 0.1) is 5.69 Å². The zero-order valence-corrected chi connectivity index (χ0v) is 13.1. The first-order valence-corrected chi connectivity index (χ1v) is 7.57. The van der Waals surface area contributed by atoms with Crippen molar-refractivity contribution in [2.75, 3.05) is 0 Å². The van der Waals surface area contributed by atoms with Crippen LogP contribution in [-0.2, 0) is 0 Å². The zero-order chi connectivity index (χ0) is 18.1. The van der Waals surface area contributed by atoms with Crippen molar-refractivity contribution in [2.24, 2.45) is 0 Å². The molecule has 0 saturated carbocycles. The second-order valence-electron chi connectivity index (χ2n) is 5.36. The average Bonchev–Trinajstić information content (AvgIpc) is 3.15. The van der Waals surface area contributed by atoms with Gasteiger partial charge in [-0.1, -0.05) is 35.5 Å². The summed E-state index contributed by atoms with van der Waals surface area (Å²) in [7, 11) is 0. The summed E-state index contributed by atoms with van der Waals surface area (Å²) in [4.78, 5) is 16.3. The summed E-state index contributed by atoms with van der Waals surface area (Å²) < 4.78 is 32.9. The monoisotopic (exact) mass is 352 g/mol. The molecule has 0 unspecified atom stereocenters. The minimum Gasteiger partial charge on any atom is -0.332 e. The van der Waals surface area contributed by atoms with Crippen LogP contribution in [0, 0.1) is 11.6 Å². The van der Waals surface area contributed by atoms with Gasteiger partial charge in [0.1, 0.15) is 0 Å². The predicted octanol–water partition coefficient (Wildman–Crippen LogP) is 3.23. The standard InChI is InChI=1S/C18H10F2N4O2/c19-13-7-6-12(10-14(13)20)24-9-8-15(25)16(22-24)18-21-17(23-26-18)11-4-2-1-3-5-11/h1-10H. The first-order valence-electron chi connectivity index (χ1n) is 7.57. The summed E-state index contributed by atoms with van der Waals surface area (Å²) in [5.74, 6) is -1.75. The van der Waals surface area contributed by atoms with Crippen LogP contribution in [0.25, 0.3) is 28.7 Å². The van der Waals surface area contributed by atoms with Gasteiger partial charge in [0.25, 0.3) is 5.89 Å². The highest BCUT2D eigenvalue weighted by atomic mass is 19.2. The lowest BCUT2D eigenvalue weighted by molar-refractivity contribution is 0.429. The van der Waals surface area contributed by atoms with Crippen molar-refractivity contribution in [3.05, 3.63) is 82.7 Å². The van der Waals surface area contributed by atoms with E-state index in [9.17, 15) is 13.6 Å². The molecule has 0 atom stereocenters. The zero-order valence-electron chi connectivity index (χ0n) is 13.1. The van der Waals surface area contributed by atoms with Crippen LogP contribution in [-0.4, -0.2) is 19.9 Å². The third-order valence-electron chi connectivity index (χ3n) is 3.64. The molecular weight excluding hydrogens is 342 g/mol. The molecule has 0 aliphatic heterocycles. The summed E-state index contributed by atoms with van der Waals surface area (Å²) in [6, 6.07) is 13.6. The summed E-state index contributed by atoms with van der Waals surface area (Å²) in [6.07, 6.45) is 1.34. The number of halogens is 2. The van der Waals surface area contributed by atoms with Gasteiger partial charge >= 0.3 is 0 Å². The van der Waals surface area contributed by atoms with E-state index in [1.807, 2.05) is 18.2 Å². The van der Waals surface area contributed by atoms with E-state index in [4.69, 9.17) is 4.52 Å². The Bertz CT molecular complexity index is 1140. The number of rotatable bonds is 3. The molecule has 0 amide bonds. The van der Waals surface area contributed by atoms with Gasteiger partial charge in [0, 0.05) is 23.9 Å². The smallest absolute Gasteiger partial charge is 0.282 e. The van der Waals surface area contributed by atoms with Crippen LogP contribution in [0.3, 0.4) is 0 Å². The Morgan fingerprint density at radius 3 is 2.54 bits per heavy atom. The second kappa shape index (κ2) is 6.32. The van der Waals surface area contributed by atoms with E-state index < -0.39 is 17.1 Å². The molecular formula is C18H10F2N4O2. The Kier molecular flexibility index (Phi) is 3.85. The first-order chi connectivity index (χ1) is 12.6. The molecule has 2 heterocycles. The Balaban J connectivity index is 1.77. The van der Waals surface area contributed by atoms with Gasteiger partial charge in [0.15, 0.2) is 17.3 Å². The molecule has 128 valence electrons. The molecule has 0 saturated heterocycles. The maximum atomic E-state index is 13.4. The Labute approximate surface area is 145 Å². The van der Waals surface area contributed by atoms with E-state index in [0.29, 0.717) is 5.82 Å². The van der Waals surface area contributed by atoms with Gasteiger partial charge in [-0.05, 0) is 12.1 Å². The fraction of sp³-hybridized carbons (Fsp3) is 0. The van der Waals surface area contributed by atoms with Gasteiger partial charge in [-0.25, -0.2) is 13.5 Å². The van der Waals surface area contributed by atoms with Crippen molar-refractivity contribution in [1.29, 1.82) is 0 Å². The lowest BCUT2D eigenvalue weighted by Gasteiger charge is -2.06. The quantitative estimate of drug-likeness (QED) is 0.566. The van der Waals surface area contributed by atoms with Crippen molar-refractivity contribution in [3.63, 3.8) is 0 Å². The molecule has 4 aromatic rings. The van der Waals surface area contributed by atoms with Gasteiger partial charge in [-0.15, -0.1) is 0 Å². The fourth-order valence-electron chi connectivity index (χ4n) is 2.35. The van der Waals surface area contributed by atoms with Crippen molar-refractivity contribution in [3.8, 4) is 28.7 Å². The Morgan fingerprint density at radius 2 is 1.77 bits per heavy atom. The fourth-order valence-corrected chi connectivity index (χ4v) is 2.35. The number of benzene rings is 2. The molecule has 0 bridgehead atoms. The van der Waals surface area contributed by atoms with Crippen LogP contribution in [0.1, 0.15) is 0 Å². The van der Waals surface area contributed by atoms with Crippen LogP contribution in [0.15, 0.2) is 70.1 Å². The molecule has 0 aliphatic carbocycles. The lowest BCUT2D eigenvalue weighted by atomic mass is 10.2. The summed E-state index contributed by atoms with van der Waals surface area (Å²) >= 11 is 0. The van der Waals surface area contributed by atoms with Crippen molar-refractivity contribution >= 4 is 0 Å². The maximum absolute atomic E-state index is 13.4. The van der Waals surface area contributed by atoms with Crippen molar-refractivity contribution in [2.45, 2.75) is 0 Å². The minimum atomic E-state index is -1.02. The van der Waals surface area contributed by atoms with Crippen LogP contribution in [0.4, 0.5) is 8.78 Å². The van der Waals surface area contributed by atoms with Gasteiger partial charge in [-0.2, -0.15) is 10.1 Å². The van der Waals surface area contributed by atoms with Crippen molar-refractivity contribution in [1.82, 2.24) is 19.9 Å². The molecule has 0 radical (unpaired) electrons. The minimum absolute atomic E-state index is 0.0641. The van der Waals surface area contributed by atoms with Crippen LogP contribution >= 0.6 is 0 Å². The van der Waals surface area contributed by atoms with E-state index in [2.05, 4.69) is 15.2 Å². The molecule has 8 heteroatoms. The highest BCUT2D eigenvalue weighted by Crippen LogP contribution is 2.19. The molecule has 2 aromatic heterocycles. The SMILES string of the molecule is O=c1ccn(-c2ccc(F)c(F)c2)nc1-c1nc(-c2ccccc2)no1. The summed E-state index contributed by atoms with van der Waals surface area (Å²) in [5.41, 5.74) is 0.436. The van der Waals surface area contributed by atoms with E-state index in [1.54, 1.807) is 12.1 Å². The van der Waals surface area contributed by atoms with Crippen molar-refractivity contribution < 1.29 is 13.3 Å². The van der Waals surface area contributed by atoms with E-state index >= 15 is 0 Å². The highest BCUT2D eigenvalue weighted by molar-refractivity contribution is 5.57. The van der Waals surface area contributed by atoms with Crippen LogP contribution in [0.2, 0.25) is 0 Å². The molecule has 4 rings (SSSR count). The van der Waals surface area contributed by atoms with Crippen LogP contribution in [0.5, 0.6) is 0 Å². The van der Waals surface area contributed by atoms with Gasteiger partial charge < -0.3 is 4.52 Å². The third-order valence-corrected chi connectivity index (χ3v) is 3.64. The molecule has 2 aromatic carbocycles. The number of hydrogen-bond donors (Lipinski definition) is 0. The maximum Gasteiger partial charge on any atom is 0.282 e. The molecule has 0 aliphatic rings. The summed E-state index contributed by atoms with van der Waals surface area (Å²) in [5, 5.41) is 7.96. The van der Waals surface area contributed by atoms with Gasteiger partial charge in [-0.3, -0.25) is 4.79 Å². The predicted molar refractivity (Wildman–Crippen MR) is 88.5 cm³/mol. The van der Waals surface area contributed by atoms with Gasteiger partial charge in [0.2, 0.25) is 11.3 Å². The number of aromatic nitrogens is 4. The highest BCUT2D eigenvalue weighted by Gasteiger charge is 2.16. The molecule has 26 heavy (non-hydrogen) atoms. The lowest BCUT2D eigenvalue weighted by Crippen LogP contribution is -2.13.